The smallest absolute Gasteiger partial charge is 0.346 e. The zero-order chi connectivity index (χ0) is 17.5. The average Bonchev–Trinajstić information content (AvgIpc) is 2.59. The Morgan fingerprint density at radius 3 is 2.52 bits per heavy atom. The lowest BCUT2D eigenvalue weighted by molar-refractivity contribution is -0.727. The number of hydrogen-bond acceptors (Lipinski definition) is 5. The van der Waals surface area contributed by atoms with E-state index in [1.165, 1.54) is 26.1 Å². The molecule has 0 spiro atoms. The number of hydrogen-bond donors (Lipinski definition) is 1. The molecule has 0 saturated carbocycles. The Bertz CT molecular complexity index is 779. The Kier molecular flexibility index (Phi) is 7.99. The maximum Gasteiger partial charge on any atom is 0.346 e. The first-order valence-corrected chi connectivity index (χ1v) is 7.17. The van der Waals surface area contributed by atoms with Gasteiger partial charge in [0, 0.05) is 20.0 Å². The molecule has 2 rings (SSSR count). The fraction of sp³-hybridized carbons (Fsp3) is 0.176. The largest absolute Gasteiger partial charge is 1.00 e. The summed E-state index contributed by atoms with van der Waals surface area (Å²) in [6.45, 7) is 1.17. The first-order valence-electron chi connectivity index (χ1n) is 7.17. The van der Waals surface area contributed by atoms with Gasteiger partial charge in [-0.1, -0.05) is 12.1 Å². The molecule has 25 heavy (non-hydrogen) atoms. The average molecular weight is 456 g/mol. The van der Waals surface area contributed by atoms with E-state index in [0.717, 1.165) is 0 Å². The maximum atomic E-state index is 12.2. The fourth-order valence-electron chi connectivity index (χ4n) is 1.97. The number of para-hydroxylation sites is 1. The SMILES string of the molecule is CNC(=O)c1ccc[n+](COC(=O)c2ccccc2OC(C)=O)c1.[I-]. The van der Waals surface area contributed by atoms with Crippen molar-refractivity contribution in [3.05, 3.63) is 59.9 Å². The third-order valence-electron chi connectivity index (χ3n) is 3.05. The number of rotatable bonds is 5. The van der Waals surface area contributed by atoms with Crippen LogP contribution in [0, 0.1) is 0 Å². The van der Waals surface area contributed by atoms with Crippen molar-refractivity contribution in [2.24, 2.45) is 0 Å². The molecule has 0 saturated heterocycles. The highest BCUT2D eigenvalue weighted by Gasteiger charge is 2.17. The third kappa shape index (κ3) is 5.82. The molecule has 132 valence electrons. The van der Waals surface area contributed by atoms with Crippen LogP contribution in [0.15, 0.2) is 48.8 Å². The number of aromatic nitrogens is 1. The van der Waals surface area contributed by atoms with Crippen LogP contribution in [0.1, 0.15) is 27.6 Å². The standard InChI is InChI=1S/C17H16N2O5.HI/c1-12(20)24-15-8-4-3-7-14(15)17(22)23-11-19-9-5-6-13(10-19)16(21)18-2;/h3-10H,11H2,1-2H3;1H. The molecule has 0 fully saturated rings. The topological polar surface area (TPSA) is 85.6 Å². The Morgan fingerprint density at radius 2 is 1.84 bits per heavy atom. The van der Waals surface area contributed by atoms with Crippen molar-refractivity contribution < 1.29 is 52.4 Å². The van der Waals surface area contributed by atoms with E-state index in [1.54, 1.807) is 41.2 Å². The number of carbonyl (C=O) groups is 3. The van der Waals surface area contributed by atoms with Gasteiger partial charge in [0.1, 0.15) is 16.9 Å². The van der Waals surface area contributed by atoms with Crippen LogP contribution in [-0.4, -0.2) is 24.9 Å². The molecule has 0 bridgehead atoms. The highest BCUT2D eigenvalue weighted by molar-refractivity contribution is 5.93. The van der Waals surface area contributed by atoms with Gasteiger partial charge in [-0.15, -0.1) is 0 Å². The molecule has 8 heteroatoms. The molecule has 0 aliphatic heterocycles. The normalized spacial score (nSPS) is 9.52. The van der Waals surface area contributed by atoms with Gasteiger partial charge < -0.3 is 38.8 Å². The van der Waals surface area contributed by atoms with E-state index >= 15 is 0 Å². The first-order chi connectivity index (χ1) is 11.5. The summed E-state index contributed by atoms with van der Waals surface area (Å²) in [5.41, 5.74) is 0.590. The third-order valence-corrected chi connectivity index (χ3v) is 3.05. The van der Waals surface area contributed by atoms with Crippen LogP contribution in [0.5, 0.6) is 5.75 Å². The number of esters is 2. The van der Waals surface area contributed by atoms with Crippen LogP contribution in [0.3, 0.4) is 0 Å². The fourth-order valence-corrected chi connectivity index (χ4v) is 1.97. The van der Waals surface area contributed by atoms with E-state index in [9.17, 15) is 14.4 Å². The zero-order valence-electron chi connectivity index (χ0n) is 13.7. The lowest BCUT2D eigenvalue weighted by Crippen LogP contribution is -3.00. The molecule has 0 aliphatic carbocycles. The van der Waals surface area contributed by atoms with Crippen LogP contribution >= 0.6 is 0 Å². The minimum absolute atomic E-state index is 0. The summed E-state index contributed by atoms with van der Waals surface area (Å²) in [6, 6.07) is 9.63. The predicted molar refractivity (Wildman–Crippen MR) is 83.2 cm³/mol. The number of benzene rings is 1. The van der Waals surface area contributed by atoms with Crippen molar-refractivity contribution in [3.63, 3.8) is 0 Å². The van der Waals surface area contributed by atoms with E-state index in [-0.39, 0.29) is 47.9 Å². The Labute approximate surface area is 162 Å². The number of ether oxygens (including phenoxy) is 2. The highest BCUT2D eigenvalue weighted by atomic mass is 127. The van der Waals surface area contributed by atoms with Gasteiger partial charge in [0.25, 0.3) is 12.6 Å². The van der Waals surface area contributed by atoms with E-state index in [0.29, 0.717) is 5.56 Å². The first kappa shape index (κ1) is 20.6. The van der Waals surface area contributed by atoms with Crippen LogP contribution in [0.4, 0.5) is 0 Å². The quantitative estimate of drug-likeness (QED) is 0.246. The lowest BCUT2D eigenvalue weighted by atomic mass is 10.2. The molecule has 0 unspecified atom stereocenters. The molecule has 1 aromatic heterocycles. The molecular formula is C17H17IN2O5. The monoisotopic (exact) mass is 456 g/mol. The van der Waals surface area contributed by atoms with Crippen LogP contribution in [0.2, 0.25) is 0 Å². The van der Waals surface area contributed by atoms with E-state index in [1.807, 2.05) is 0 Å². The summed E-state index contributed by atoms with van der Waals surface area (Å²) in [7, 11) is 1.53. The van der Waals surface area contributed by atoms with Crippen LogP contribution in [0.25, 0.3) is 0 Å². The number of nitrogens with one attached hydrogen (secondary N) is 1. The summed E-state index contributed by atoms with van der Waals surface area (Å²) in [5, 5.41) is 2.52. The van der Waals surface area contributed by atoms with Gasteiger partial charge in [-0.05, 0) is 18.2 Å². The van der Waals surface area contributed by atoms with Crippen LogP contribution < -0.4 is 38.6 Å². The highest BCUT2D eigenvalue weighted by Crippen LogP contribution is 2.19. The molecule has 2 aromatic rings. The summed E-state index contributed by atoms with van der Waals surface area (Å²) in [4.78, 5) is 34.9. The van der Waals surface area contributed by atoms with Crippen molar-refractivity contribution in [1.82, 2.24) is 5.32 Å². The second-order valence-electron chi connectivity index (χ2n) is 4.84. The summed E-state index contributed by atoms with van der Waals surface area (Å²) in [6.07, 6.45) is 3.22. The van der Waals surface area contributed by atoms with Gasteiger partial charge in [-0.2, -0.15) is 4.57 Å². The van der Waals surface area contributed by atoms with E-state index in [4.69, 9.17) is 9.47 Å². The molecule has 1 aromatic carbocycles. The van der Waals surface area contributed by atoms with Gasteiger partial charge in [-0.25, -0.2) is 4.79 Å². The second kappa shape index (κ2) is 9.72. The maximum absolute atomic E-state index is 12.2. The van der Waals surface area contributed by atoms with Crippen molar-refractivity contribution >= 4 is 17.8 Å². The number of nitrogens with zero attached hydrogens (tertiary/aromatic N) is 1. The molecule has 1 heterocycles. The number of amides is 1. The number of pyridine rings is 1. The van der Waals surface area contributed by atoms with Crippen molar-refractivity contribution in [1.29, 1.82) is 0 Å². The molecule has 1 N–H and O–H groups in total. The molecule has 1 amide bonds. The van der Waals surface area contributed by atoms with Gasteiger partial charge in [0.2, 0.25) is 0 Å². The van der Waals surface area contributed by atoms with Crippen LogP contribution in [-0.2, 0) is 16.3 Å². The van der Waals surface area contributed by atoms with Crippen molar-refractivity contribution in [2.45, 2.75) is 13.7 Å². The zero-order valence-corrected chi connectivity index (χ0v) is 15.8. The number of carbonyl (C=O) groups excluding carboxylic acids is 3. The molecule has 0 aliphatic rings. The van der Waals surface area contributed by atoms with Gasteiger partial charge >= 0.3 is 11.9 Å². The van der Waals surface area contributed by atoms with Gasteiger partial charge in [0.05, 0.1) is 0 Å². The summed E-state index contributed by atoms with van der Waals surface area (Å²) >= 11 is 0. The predicted octanol–water partition coefficient (Wildman–Crippen LogP) is -1.92. The molecule has 0 radical (unpaired) electrons. The molecule has 7 nitrogen and oxygen atoms in total. The van der Waals surface area contributed by atoms with Gasteiger partial charge in [0.15, 0.2) is 12.4 Å². The van der Waals surface area contributed by atoms with Crippen molar-refractivity contribution in [3.8, 4) is 5.75 Å². The van der Waals surface area contributed by atoms with E-state index in [2.05, 4.69) is 5.32 Å². The molecular weight excluding hydrogens is 439 g/mol. The summed E-state index contributed by atoms with van der Waals surface area (Å²) < 4.78 is 11.7. The Balaban J connectivity index is 0.00000312. The minimum atomic E-state index is -0.635. The molecule has 0 atom stereocenters. The van der Waals surface area contributed by atoms with Gasteiger partial charge in [-0.3, -0.25) is 9.59 Å². The second-order valence-corrected chi connectivity index (χ2v) is 4.84. The van der Waals surface area contributed by atoms with E-state index < -0.39 is 11.9 Å². The Hall–Kier alpha value is -2.49. The Morgan fingerprint density at radius 1 is 1.12 bits per heavy atom. The summed E-state index contributed by atoms with van der Waals surface area (Å²) in [5.74, 6) is -1.26. The lowest BCUT2D eigenvalue weighted by Gasteiger charge is -2.07. The van der Waals surface area contributed by atoms with Crippen molar-refractivity contribution in [2.75, 3.05) is 7.05 Å². The minimum Gasteiger partial charge on any atom is -1.00 e. The number of halogens is 1.